The van der Waals surface area contributed by atoms with Crippen LogP contribution in [0.5, 0.6) is 0 Å². The number of esters is 1. The van der Waals surface area contributed by atoms with Crippen LogP contribution in [0, 0.1) is 0 Å². The summed E-state index contributed by atoms with van der Waals surface area (Å²) in [7, 11) is 0. The van der Waals surface area contributed by atoms with Gasteiger partial charge in [0.1, 0.15) is 0 Å². The van der Waals surface area contributed by atoms with E-state index in [2.05, 4.69) is 15.9 Å². The average Bonchev–Trinajstić information content (AvgIpc) is 2.39. The minimum Gasteiger partial charge on any atom is -0.481 e. The summed E-state index contributed by atoms with van der Waals surface area (Å²) in [4.78, 5) is 34.5. The predicted octanol–water partition coefficient (Wildman–Crippen LogP) is 2.46. The van der Waals surface area contributed by atoms with Crippen molar-refractivity contribution in [3.63, 3.8) is 0 Å². The summed E-state index contributed by atoms with van der Waals surface area (Å²) < 4.78 is 4.87. The highest BCUT2D eigenvalue weighted by Gasteiger charge is 2.17. The van der Waals surface area contributed by atoms with Crippen molar-refractivity contribution >= 4 is 33.7 Å². The van der Waals surface area contributed by atoms with Gasteiger partial charge in [-0.1, -0.05) is 22.0 Å². The van der Waals surface area contributed by atoms with E-state index in [0.29, 0.717) is 10.9 Å². The van der Waals surface area contributed by atoms with Crippen molar-refractivity contribution in [1.82, 2.24) is 0 Å². The van der Waals surface area contributed by atoms with Crippen molar-refractivity contribution in [2.45, 2.75) is 19.8 Å². The van der Waals surface area contributed by atoms with Crippen molar-refractivity contribution in [3.8, 4) is 0 Å². The van der Waals surface area contributed by atoms with E-state index in [0.717, 1.165) is 0 Å². The topological polar surface area (TPSA) is 80.7 Å². The van der Waals surface area contributed by atoms with Crippen LogP contribution in [0.3, 0.4) is 0 Å². The molecule has 0 unspecified atom stereocenters. The lowest BCUT2D eigenvalue weighted by molar-refractivity contribution is -0.136. The number of ketones is 1. The molecule has 0 aromatic heterocycles. The smallest absolute Gasteiger partial charge is 0.338 e. The summed E-state index contributed by atoms with van der Waals surface area (Å²) in [6, 6.07) is 4.37. The number of benzene rings is 1. The lowest BCUT2D eigenvalue weighted by Gasteiger charge is -2.09. The molecule has 0 aliphatic heterocycles. The average molecular weight is 343 g/mol. The first-order valence-electron chi connectivity index (χ1n) is 6.10. The fourth-order valence-corrected chi connectivity index (χ4v) is 2.08. The molecule has 0 bridgehead atoms. The van der Waals surface area contributed by atoms with Crippen LogP contribution in [0.4, 0.5) is 0 Å². The van der Waals surface area contributed by atoms with E-state index in [4.69, 9.17) is 9.84 Å². The lowest BCUT2D eigenvalue weighted by atomic mass is 9.97. The summed E-state index contributed by atoms with van der Waals surface area (Å²) in [5, 5.41) is 9.33. The van der Waals surface area contributed by atoms with Crippen LogP contribution in [-0.4, -0.2) is 34.8 Å². The Bertz CT molecular complexity index is 524. The fourth-order valence-electron chi connectivity index (χ4n) is 1.71. The van der Waals surface area contributed by atoms with Gasteiger partial charge in [-0.05, 0) is 24.6 Å². The maximum Gasteiger partial charge on any atom is 0.338 e. The van der Waals surface area contributed by atoms with Crippen molar-refractivity contribution in [1.29, 1.82) is 0 Å². The Hall–Kier alpha value is -1.69. The summed E-state index contributed by atoms with van der Waals surface area (Å²) in [5.74, 6) is -1.76. The molecular weight excluding hydrogens is 328 g/mol. The van der Waals surface area contributed by atoms with Crippen LogP contribution in [0.2, 0.25) is 0 Å². The molecule has 1 aromatic carbocycles. The first kappa shape index (κ1) is 16.4. The summed E-state index contributed by atoms with van der Waals surface area (Å²) in [6.45, 7) is 1.92. The molecule has 5 nitrogen and oxygen atoms in total. The number of rotatable bonds is 7. The Balaban J connectivity index is 3.17. The molecule has 6 heteroatoms. The van der Waals surface area contributed by atoms with E-state index in [1.807, 2.05) is 0 Å². The second kappa shape index (κ2) is 7.79. The number of alkyl halides is 1. The molecule has 0 aliphatic carbocycles. The molecule has 0 spiro atoms. The normalized spacial score (nSPS) is 10.1. The van der Waals surface area contributed by atoms with Gasteiger partial charge in [0.05, 0.1) is 18.6 Å². The molecule has 1 rings (SSSR count). The number of ether oxygens (including phenoxy) is 1. The summed E-state index contributed by atoms with van der Waals surface area (Å²) in [6.07, 6.45) is -0.0225. The molecular formula is C14H15BrO5. The molecule has 0 aliphatic rings. The molecule has 0 saturated heterocycles. The van der Waals surface area contributed by atoms with E-state index >= 15 is 0 Å². The zero-order valence-electron chi connectivity index (χ0n) is 11.0. The first-order chi connectivity index (χ1) is 9.49. The maximum atomic E-state index is 12.0. The number of hydrogen-bond donors (Lipinski definition) is 1. The van der Waals surface area contributed by atoms with Gasteiger partial charge in [-0.2, -0.15) is 0 Å². The predicted molar refractivity (Wildman–Crippen MR) is 76.5 cm³/mol. The van der Waals surface area contributed by atoms with Crippen LogP contribution in [-0.2, 0) is 16.0 Å². The summed E-state index contributed by atoms with van der Waals surface area (Å²) >= 11 is 3.17. The van der Waals surface area contributed by atoms with E-state index in [9.17, 15) is 14.4 Å². The van der Waals surface area contributed by atoms with Crippen LogP contribution in [0.15, 0.2) is 18.2 Å². The van der Waals surface area contributed by atoms with E-state index < -0.39 is 11.9 Å². The van der Waals surface area contributed by atoms with Gasteiger partial charge in [0.15, 0.2) is 5.78 Å². The monoisotopic (exact) mass is 342 g/mol. The molecule has 1 aromatic rings. The minimum atomic E-state index is -1.03. The zero-order valence-corrected chi connectivity index (χ0v) is 12.6. The highest BCUT2D eigenvalue weighted by atomic mass is 79.9. The summed E-state index contributed by atoms with van der Waals surface area (Å²) in [5.41, 5.74) is 0.910. The second-order valence-corrected chi connectivity index (χ2v) is 4.82. The van der Waals surface area contributed by atoms with Gasteiger partial charge in [-0.3, -0.25) is 9.59 Å². The Kier molecular flexibility index (Phi) is 6.38. The Labute approximate surface area is 125 Å². The van der Waals surface area contributed by atoms with Gasteiger partial charge in [0.2, 0.25) is 0 Å². The minimum absolute atomic E-state index is 0.204. The SMILES string of the molecule is CCOC(=O)c1ccc(CC(=O)O)c(C(=O)CCBr)c1. The van der Waals surface area contributed by atoms with Gasteiger partial charge < -0.3 is 9.84 Å². The fraction of sp³-hybridized carbons (Fsp3) is 0.357. The van der Waals surface area contributed by atoms with E-state index in [1.54, 1.807) is 6.92 Å². The van der Waals surface area contributed by atoms with Crippen LogP contribution in [0.25, 0.3) is 0 Å². The van der Waals surface area contributed by atoms with Gasteiger partial charge >= 0.3 is 11.9 Å². The van der Waals surface area contributed by atoms with Gasteiger partial charge in [0.25, 0.3) is 0 Å². The zero-order chi connectivity index (χ0) is 15.1. The lowest BCUT2D eigenvalue weighted by Crippen LogP contribution is -2.12. The molecule has 0 fully saturated rings. The molecule has 0 saturated carbocycles. The van der Waals surface area contributed by atoms with Crippen LogP contribution >= 0.6 is 15.9 Å². The van der Waals surface area contributed by atoms with E-state index in [-0.39, 0.29) is 36.4 Å². The number of carbonyl (C=O) groups is 3. The third-order valence-electron chi connectivity index (χ3n) is 2.58. The molecule has 108 valence electrons. The van der Waals surface area contributed by atoms with Crippen LogP contribution in [0.1, 0.15) is 39.6 Å². The Morgan fingerprint density at radius 1 is 1.30 bits per heavy atom. The number of aliphatic carboxylic acids is 1. The van der Waals surface area contributed by atoms with Crippen molar-refractivity contribution in [3.05, 3.63) is 34.9 Å². The second-order valence-electron chi connectivity index (χ2n) is 4.03. The highest BCUT2D eigenvalue weighted by Crippen LogP contribution is 2.17. The van der Waals surface area contributed by atoms with Gasteiger partial charge in [-0.25, -0.2) is 4.79 Å². The van der Waals surface area contributed by atoms with Gasteiger partial charge in [0, 0.05) is 17.3 Å². The molecule has 0 heterocycles. The number of hydrogen-bond acceptors (Lipinski definition) is 4. The van der Waals surface area contributed by atoms with E-state index in [1.165, 1.54) is 18.2 Å². The highest BCUT2D eigenvalue weighted by molar-refractivity contribution is 9.09. The Morgan fingerprint density at radius 3 is 2.55 bits per heavy atom. The van der Waals surface area contributed by atoms with Gasteiger partial charge in [-0.15, -0.1) is 0 Å². The quantitative estimate of drug-likeness (QED) is 0.467. The number of carboxylic acid groups (broad SMARTS) is 1. The van der Waals surface area contributed by atoms with Crippen molar-refractivity contribution < 1.29 is 24.2 Å². The first-order valence-corrected chi connectivity index (χ1v) is 7.22. The molecule has 0 radical (unpaired) electrons. The third kappa shape index (κ3) is 4.45. The Morgan fingerprint density at radius 2 is 2.00 bits per heavy atom. The number of halogens is 1. The maximum absolute atomic E-state index is 12.0. The standard InChI is InChI=1S/C14H15BrO5/c1-2-20-14(19)10-4-3-9(8-13(17)18)11(7-10)12(16)5-6-15/h3-4,7H,2,5-6,8H2,1H3,(H,17,18). The largest absolute Gasteiger partial charge is 0.481 e. The molecule has 20 heavy (non-hydrogen) atoms. The van der Waals surface area contributed by atoms with Crippen LogP contribution < -0.4 is 0 Å². The number of carbonyl (C=O) groups excluding carboxylic acids is 2. The molecule has 0 atom stereocenters. The van der Waals surface area contributed by atoms with Crippen molar-refractivity contribution in [2.24, 2.45) is 0 Å². The number of carboxylic acids is 1. The third-order valence-corrected chi connectivity index (χ3v) is 2.98. The number of Topliss-reactive ketones (excluding diaryl/α,β-unsaturated/α-hetero) is 1. The molecule has 0 amide bonds. The van der Waals surface area contributed by atoms with Crippen molar-refractivity contribution in [2.75, 3.05) is 11.9 Å². The molecule has 1 N–H and O–H groups in total.